The lowest BCUT2D eigenvalue weighted by Crippen LogP contribution is -2.21. The number of hydrogen-bond donors (Lipinski definition) is 2. The molecule has 0 aliphatic carbocycles. The molecular formula is C20H18ClF2N5OS. The molecule has 1 amide bonds. The van der Waals surface area contributed by atoms with E-state index in [1.54, 1.807) is 30.6 Å². The number of nitrogens with zero attached hydrogens (tertiary/aromatic N) is 3. The summed E-state index contributed by atoms with van der Waals surface area (Å²) >= 11 is 5.17. The molecule has 1 fully saturated rings. The lowest BCUT2D eigenvalue weighted by atomic mass is 10.1. The van der Waals surface area contributed by atoms with E-state index in [9.17, 15) is 13.6 Å². The number of amides is 1. The average Bonchev–Trinajstić information content (AvgIpc) is 3.42. The van der Waals surface area contributed by atoms with Crippen LogP contribution in [-0.2, 0) is 0 Å². The summed E-state index contributed by atoms with van der Waals surface area (Å²) in [4.78, 5) is 19.8. The fourth-order valence-corrected chi connectivity index (χ4v) is 4.12. The number of H-pyrrole nitrogens is 1. The van der Waals surface area contributed by atoms with Gasteiger partial charge in [-0.3, -0.25) is 9.89 Å². The van der Waals surface area contributed by atoms with Crippen molar-refractivity contribution in [1.82, 2.24) is 15.2 Å². The van der Waals surface area contributed by atoms with Crippen LogP contribution in [0, 0.1) is 0 Å². The highest BCUT2D eigenvalue weighted by atomic mass is 35.5. The highest BCUT2D eigenvalue weighted by Gasteiger charge is 2.26. The third-order valence-corrected chi connectivity index (χ3v) is 5.64. The zero-order valence-corrected chi connectivity index (χ0v) is 17.3. The zero-order chi connectivity index (χ0) is 21.1. The molecule has 0 spiro atoms. The molecule has 2 N–H and O–H groups in total. The highest BCUT2D eigenvalue weighted by molar-refractivity contribution is 8.01. The third-order valence-electron chi connectivity index (χ3n) is 4.67. The van der Waals surface area contributed by atoms with E-state index in [1.807, 2.05) is 6.07 Å². The summed E-state index contributed by atoms with van der Waals surface area (Å²) < 4.78 is 22.4. The number of hydrogen-bond acceptors (Lipinski definition) is 5. The number of carbonyl (C=O) groups is 1. The summed E-state index contributed by atoms with van der Waals surface area (Å²) in [5.41, 5.74) is 2.45. The predicted octanol–water partition coefficient (Wildman–Crippen LogP) is 5.21. The number of nitrogens with one attached hydrogen (secondary N) is 2. The van der Waals surface area contributed by atoms with Crippen LogP contribution in [0.3, 0.4) is 0 Å². The van der Waals surface area contributed by atoms with Gasteiger partial charge in [0, 0.05) is 41.6 Å². The van der Waals surface area contributed by atoms with Gasteiger partial charge in [0.2, 0.25) is 0 Å². The van der Waals surface area contributed by atoms with Gasteiger partial charge in [-0.05, 0) is 72.6 Å². The normalized spacial score (nSPS) is 14.2. The van der Waals surface area contributed by atoms with Crippen LogP contribution in [0.25, 0.3) is 11.3 Å². The molecule has 10 heteroatoms. The summed E-state index contributed by atoms with van der Waals surface area (Å²) in [7, 11) is 0. The standard InChI is InChI=1S/C20H18ClF2N5OS/c21-20(22,23)30-15-5-3-14(4-6-15)26-19(29)13-11-16(17-7-8-25-27-17)18(24-12-13)28-9-1-2-10-28/h3-8,11-12H,1-2,9-10H2,(H,25,27)(H,26,29). The van der Waals surface area contributed by atoms with Crippen molar-refractivity contribution in [1.29, 1.82) is 0 Å². The Morgan fingerprint density at radius 3 is 2.57 bits per heavy atom. The largest absolute Gasteiger partial charge is 0.375 e. The Morgan fingerprint density at radius 2 is 1.93 bits per heavy atom. The predicted molar refractivity (Wildman–Crippen MR) is 114 cm³/mol. The number of aromatic amines is 1. The Balaban J connectivity index is 1.55. The van der Waals surface area contributed by atoms with Gasteiger partial charge in [-0.25, -0.2) is 4.98 Å². The summed E-state index contributed by atoms with van der Waals surface area (Å²) in [6.45, 7) is 1.84. The molecule has 0 bridgehead atoms. The fourth-order valence-electron chi connectivity index (χ4n) is 3.31. The topological polar surface area (TPSA) is 73.9 Å². The first kappa shape index (κ1) is 20.6. The number of rotatable bonds is 6. The van der Waals surface area contributed by atoms with E-state index in [0.29, 0.717) is 16.1 Å². The minimum Gasteiger partial charge on any atom is -0.356 e. The number of carbonyl (C=O) groups excluding carboxylic acids is 1. The average molecular weight is 450 g/mol. The maximum atomic E-state index is 12.9. The molecule has 4 rings (SSSR count). The molecule has 3 heterocycles. The van der Waals surface area contributed by atoms with E-state index in [-0.39, 0.29) is 17.7 Å². The number of halogens is 3. The van der Waals surface area contributed by atoms with Crippen LogP contribution in [0.5, 0.6) is 0 Å². The maximum Gasteiger partial charge on any atom is 0.375 e. The van der Waals surface area contributed by atoms with Crippen molar-refractivity contribution in [3.05, 3.63) is 54.4 Å². The van der Waals surface area contributed by atoms with Gasteiger partial charge < -0.3 is 10.2 Å². The Morgan fingerprint density at radius 1 is 1.20 bits per heavy atom. The van der Waals surface area contributed by atoms with Gasteiger partial charge in [0.1, 0.15) is 5.82 Å². The molecule has 156 valence electrons. The van der Waals surface area contributed by atoms with Gasteiger partial charge in [-0.15, -0.1) is 0 Å². The molecule has 0 saturated carbocycles. The molecule has 6 nitrogen and oxygen atoms in total. The Kier molecular flexibility index (Phi) is 5.92. The fraction of sp³-hybridized carbons (Fsp3) is 0.250. The van der Waals surface area contributed by atoms with Crippen LogP contribution in [0.1, 0.15) is 23.2 Å². The van der Waals surface area contributed by atoms with Gasteiger partial charge in [-0.1, -0.05) is 0 Å². The molecule has 2 aromatic heterocycles. The number of thioether (sulfide) groups is 1. The van der Waals surface area contributed by atoms with Crippen molar-refractivity contribution in [3.63, 3.8) is 0 Å². The van der Waals surface area contributed by atoms with Crippen molar-refractivity contribution in [3.8, 4) is 11.3 Å². The number of anilines is 2. The monoisotopic (exact) mass is 449 g/mol. The molecular weight excluding hydrogens is 432 g/mol. The summed E-state index contributed by atoms with van der Waals surface area (Å²) in [6, 6.07) is 9.65. The molecule has 0 radical (unpaired) electrons. The van der Waals surface area contributed by atoms with Crippen molar-refractivity contribution in [2.45, 2.75) is 22.5 Å². The van der Waals surface area contributed by atoms with E-state index in [0.717, 1.165) is 43.0 Å². The van der Waals surface area contributed by atoms with E-state index >= 15 is 0 Å². The van der Waals surface area contributed by atoms with E-state index in [1.165, 1.54) is 12.1 Å². The van der Waals surface area contributed by atoms with Crippen molar-refractivity contribution < 1.29 is 13.6 Å². The summed E-state index contributed by atoms with van der Waals surface area (Å²) in [5.74, 6) is 0.469. The van der Waals surface area contributed by atoms with Gasteiger partial charge in [0.25, 0.3) is 5.91 Å². The van der Waals surface area contributed by atoms with Crippen LogP contribution in [0.4, 0.5) is 20.3 Å². The molecule has 30 heavy (non-hydrogen) atoms. The first-order valence-corrected chi connectivity index (χ1v) is 10.5. The molecule has 3 aromatic rings. The molecule has 1 saturated heterocycles. The number of pyridine rings is 1. The molecule has 1 aliphatic heterocycles. The second-order valence-electron chi connectivity index (χ2n) is 6.79. The molecule has 0 unspecified atom stereocenters. The number of benzene rings is 1. The zero-order valence-electron chi connectivity index (χ0n) is 15.7. The smallest absolute Gasteiger partial charge is 0.356 e. The Bertz CT molecular complexity index is 1020. The third kappa shape index (κ3) is 4.91. The SMILES string of the molecule is O=C(Nc1ccc(SC(F)(F)Cl)cc1)c1cnc(N2CCCC2)c(-c2ccn[nH]2)c1. The van der Waals surface area contributed by atoms with E-state index in [2.05, 4.69) is 25.4 Å². The van der Waals surface area contributed by atoms with E-state index < -0.39 is 4.71 Å². The van der Waals surface area contributed by atoms with Gasteiger partial charge in [0.15, 0.2) is 0 Å². The van der Waals surface area contributed by atoms with Crippen molar-refractivity contribution >= 4 is 40.8 Å². The summed E-state index contributed by atoms with van der Waals surface area (Å²) in [6.07, 6.45) is 5.41. The van der Waals surface area contributed by atoms with Gasteiger partial charge in [-0.2, -0.15) is 13.9 Å². The first-order chi connectivity index (χ1) is 14.4. The lowest BCUT2D eigenvalue weighted by molar-refractivity contribution is 0.102. The van der Waals surface area contributed by atoms with Crippen LogP contribution in [0.15, 0.2) is 53.7 Å². The van der Waals surface area contributed by atoms with Crippen LogP contribution < -0.4 is 10.2 Å². The quantitative estimate of drug-likeness (QED) is 0.399. The van der Waals surface area contributed by atoms with Gasteiger partial charge in [0.05, 0.1) is 11.3 Å². The van der Waals surface area contributed by atoms with Crippen LogP contribution >= 0.6 is 23.4 Å². The maximum absolute atomic E-state index is 12.9. The number of alkyl halides is 3. The second kappa shape index (κ2) is 8.61. The highest BCUT2D eigenvalue weighted by Crippen LogP contribution is 2.39. The Labute approximate surface area is 181 Å². The van der Waals surface area contributed by atoms with E-state index in [4.69, 9.17) is 11.6 Å². The van der Waals surface area contributed by atoms with Crippen LogP contribution in [-0.4, -0.2) is 38.9 Å². The number of aromatic nitrogens is 3. The molecule has 1 aromatic carbocycles. The van der Waals surface area contributed by atoms with Crippen molar-refractivity contribution in [2.24, 2.45) is 0 Å². The minimum absolute atomic E-state index is 0.234. The van der Waals surface area contributed by atoms with Crippen LogP contribution in [0.2, 0.25) is 0 Å². The first-order valence-electron chi connectivity index (χ1n) is 9.31. The Hall–Kier alpha value is -2.65. The summed E-state index contributed by atoms with van der Waals surface area (Å²) in [5, 5.41) is 9.70. The van der Waals surface area contributed by atoms with Crippen molar-refractivity contribution in [2.75, 3.05) is 23.3 Å². The molecule has 0 atom stereocenters. The molecule has 1 aliphatic rings. The second-order valence-corrected chi connectivity index (χ2v) is 8.67. The lowest BCUT2D eigenvalue weighted by Gasteiger charge is -2.20. The van der Waals surface area contributed by atoms with Gasteiger partial charge >= 0.3 is 4.71 Å². The minimum atomic E-state index is -3.38.